The van der Waals surface area contributed by atoms with Gasteiger partial charge in [-0.2, -0.15) is 26.3 Å². The normalized spacial score (nSPS) is 13.0. The van der Waals surface area contributed by atoms with Crippen LogP contribution in [0.1, 0.15) is 15.2 Å². The summed E-state index contributed by atoms with van der Waals surface area (Å²) in [6.07, 6.45) is -11.8. The summed E-state index contributed by atoms with van der Waals surface area (Å²) in [7, 11) is 0. The molecule has 2 N–H and O–H groups in total. The largest absolute Gasteiger partial charge is 0.431 e. The number of carbonyl (C=O) groups excluding carboxylic acids is 1. The summed E-state index contributed by atoms with van der Waals surface area (Å²) in [5.41, 5.74) is -5.15. The molecule has 2 rings (SSSR count). The Morgan fingerprint density at radius 1 is 1.12 bits per heavy atom. The molecule has 0 bridgehead atoms. The number of nitrogens with zero attached hydrogens (tertiary/aromatic N) is 1. The van der Waals surface area contributed by atoms with Crippen LogP contribution in [0.5, 0.6) is 0 Å². The molecule has 0 saturated carbocycles. The number of aromatic nitrogens is 1. The van der Waals surface area contributed by atoms with Crippen molar-refractivity contribution in [1.29, 1.82) is 0 Å². The van der Waals surface area contributed by atoms with Crippen molar-refractivity contribution in [3.63, 3.8) is 0 Å². The Morgan fingerprint density at radius 3 is 2.20 bits per heavy atom. The van der Waals surface area contributed by atoms with E-state index in [9.17, 15) is 36.2 Å². The van der Waals surface area contributed by atoms with Gasteiger partial charge in [0.1, 0.15) is 0 Å². The highest BCUT2D eigenvalue weighted by atomic mass is 35.5. The molecule has 0 radical (unpaired) electrons. The van der Waals surface area contributed by atoms with E-state index in [1.165, 1.54) is 24.3 Å². The van der Waals surface area contributed by atoms with Crippen molar-refractivity contribution < 1.29 is 36.2 Å². The smallest absolute Gasteiger partial charge is 0.369 e. The number of halogens is 7. The number of aliphatic hydroxyl groups is 1. The number of hydrogen-bond acceptors (Lipinski definition) is 4. The predicted octanol–water partition coefficient (Wildman–Crippen LogP) is 4.36. The summed E-state index contributed by atoms with van der Waals surface area (Å²) >= 11 is 5.61. The van der Waals surface area contributed by atoms with Crippen LogP contribution in [-0.2, 0) is 5.60 Å². The first-order valence-corrected chi connectivity index (χ1v) is 7.45. The van der Waals surface area contributed by atoms with E-state index in [4.69, 9.17) is 11.6 Å². The molecule has 0 saturated heterocycles. The number of carbonyl (C=O) groups is 1. The van der Waals surface area contributed by atoms with E-state index >= 15 is 0 Å². The van der Waals surface area contributed by atoms with Gasteiger partial charge in [0, 0.05) is 6.20 Å². The van der Waals surface area contributed by atoms with E-state index in [-0.39, 0.29) is 28.1 Å². The van der Waals surface area contributed by atoms with Gasteiger partial charge in [-0.05, 0) is 12.1 Å². The molecule has 1 amide bonds. The standard InChI is InChI=1S/C13H7ClF6N2O2S/c14-7-4-2-1-3-6(7)9(23)22-10-21-5-8(25-10)11(24,12(15,16)17)13(18,19)20/h1-5,24H,(H,21,22,23). The first kappa shape index (κ1) is 19.5. The van der Waals surface area contributed by atoms with Gasteiger partial charge in [0.25, 0.3) is 11.5 Å². The lowest BCUT2D eigenvalue weighted by atomic mass is 10.0. The third-order valence-electron chi connectivity index (χ3n) is 3.02. The number of benzene rings is 1. The fraction of sp³-hybridized carbons (Fsp3) is 0.231. The highest BCUT2D eigenvalue weighted by Gasteiger charge is 2.72. The molecule has 1 aromatic heterocycles. The van der Waals surface area contributed by atoms with Crippen LogP contribution < -0.4 is 5.32 Å². The minimum Gasteiger partial charge on any atom is -0.369 e. The maximum atomic E-state index is 12.8. The molecule has 0 atom stereocenters. The zero-order valence-corrected chi connectivity index (χ0v) is 13.3. The highest BCUT2D eigenvalue weighted by molar-refractivity contribution is 7.15. The number of amides is 1. The quantitative estimate of drug-likeness (QED) is 0.747. The van der Waals surface area contributed by atoms with Gasteiger partial charge in [-0.1, -0.05) is 35.1 Å². The molecule has 0 aliphatic heterocycles. The Balaban J connectivity index is 2.33. The van der Waals surface area contributed by atoms with Crippen molar-refractivity contribution in [1.82, 2.24) is 4.98 Å². The van der Waals surface area contributed by atoms with Crippen LogP contribution in [-0.4, -0.2) is 28.4 Å². The van der Waals surface area contributed by atoms with Gasteiger partial charge < -0.3 is 5.11 Å². The fourth-order valence-electron chi connectivity index (χ4n) is 1.75. The van der Waals surface area contributed by atoms with E-state index in [1.54, 1.807) is 0 Å². The molecule has 1 aromatic carbocycles. The topological polar surface area (TPSA) is 62.2 Å². The van der Waals surface area contributed by atoms with Gasteiger partial charge in [0.2, 0.25) is 0 Å². The Kier molecular flexibility index (Phi) is 5.04. The second-order valence-corrected chi connectivity index (χ2v) is 6.11. The summed E-state index contributed by atoms with van der Waals surface area (Å²) in [5.74, 6) is -0.881. The molecule has 4 nitrogen and oxygen atoms in total. The van der Waals surface area contributed by atoms with Crippen LogP contribution in [0.2, 0.25) is 5.02 Å². The average molecular weight is 405 g/mol. The van der Waals surface area contributed by atoms with E-state index in [1.807, 2.05) is 5.32 Å². The first-order valence-electron chi connectivity index (χ1n) is 6.26. The Labute approximate surface area is 145 Å². The number of anilines is 1. The van der Waals surface area contributed by atoms with Crippen LogP contribution in [0.3, 0.4) is 0 Å². The Morgan fingerprint density at radius 2 is 1.68 bits per heavy atom. The SMILES string of the molecule is O=C(Nc1ncc(C(O)(C(F)(F)F)C(F)(F)F)s1)c1ccccc1Cl. The van der Waals surface area contributed by atoms with E-state index in [0.717, 1.165) is 0 Å². The summed E-state index contributed by atoms with van der Waals surface area (Å²) in [6.45, 7) is 0. The summed E-state index contributed by atoms with van der Waals surface area (Å²) < 4.78 is 76.7. The Bertz CT molecular complexity index is 775. The molecule has 25 heavy (non-hydrogen) atoms. The number of nitrogens with one attached hydrogen (secondary N) is 1. The average Bonchev–Trinajstić information content (AvgIpc) is 2.93. The molecule has 136 valence electrons. The zero-order valence-electron chi connectivity index (χ0n) is 11.7. The van der Waals surface area contributed by atoms with Gasteiger partial charge in [-0.3, -0.25) is 10.1 Å². The number of hydrogen-bond donors (Lipinski definition) is 2. The minimum atomic E-state index is -6.03. The Hall–Kier alpha value is -1.85. The molecule has 0 fully saturated rings. The summed E-state index contributed by atoms with van der Waals surface area (Å²) in [4.78, 5) is 13.7. The monoisotopic (exact) mass is 404 g/mol. The van der Waals surface area contributed by atoms with Crippen molar-refractivity contribution in [3.8, 4) is 0 Å². The lowest BCUT2D eigenvalue weighted by Crippen LogP contribution is -2.53. The van der Waals surface area contributed by atoms with Crippen molar-refractivity contribution in [2.24, 2.45) is 0 Å². The molecule has 0 unspecified atom stereocenters. The second kappa shape index (κ2) is 6.46. The maximum Gasteiger partial charge on any atom is 0.431 e. The maximum absolute atomic E-state index is 12.8. The molecule has 0 aliphatic carbocycles. The predicted molar refractivity (Wildman–Crippen MR) is 77.5 cm³/mol. The highest BCUT2D eigenvalue weighted by Crippen LogP contribution is 2.51. The minimum absolute atomic E-state index is 0.0267. The third kappa shape index (κ3) is 3.58. The van der Waals surface area contributed by atoms with Crippen molar-refractivity contribution in [2.45, 2.75) is 18.0 Å². The summed E-state index contributed by atoms with van der Waals surface area (Å²) in [6, 6.07) is 5.65. The lowest BCUT2D eigenvalue weighted by molar-refractivity contribution is -0.375. The van der Waals surface area contributed by atoms with Crippen molar-refractivity contribution in [3.05, 3.63) is 45.9 Å². The molecule has 0 aliphatic rings. The second-order valence-electron chi connectivity index (χ2n) is 4.67. The molecule has 1 heterocycles. The van der Waals surface area contributed by atoms with Gasteiger partial charge >= 0.3 is 12.4 Å². The molecule has 2 aromatic rings. The van der Waals surface area contributed by atoms with Crippen LogP contribution in [0.25, 0.3) is 0 Å². The van der Waals surface area contributed by atoms with E-state index < -0.39 is 33.9 Å². The lowest BCUT2D eigenvalue weighted by Gasteiger charge is -2.30. The van der Waals surface area contributed by atoms with Gasteiger partial charge in [0.05, 0.1) is 15.5 Å². The molecular weight excluding hydrogens is 398 g/mol. The summed E-state index contributed by atoms with van der Waals surface area (Å²) in [5, 5.41) is 10.7. The van der Waals surface area contributed by atoms with Crippen molar-refractivity contribution in [2.75, 3.05) is 5.32 Å². The van der Waals surface area contributed by atoms with Crippen molar-refractivity contribution >= 4 is 34.0 Å². The number of rotatable bonds is 3. The van der Waals surface area contributed by atoms with E-state index in [2.05, 4.69) is 4.98 Å². The molecule has 12 heteroatoms. The van der Waals surface area contributed by atoms with Gasteiger partial charge in [-0.15, -0.1) is 0 Å². The number of alkyl halides is 6. The third-order valence-corrected chi connectivity index (χ3v) is 4.37. The van der Waals surface area contributed by atoms with Crippen LogP contribution in [0, 0.1) is 0 Å². The molecular formula is C13H7ClF6N2O2S. The van der Waals surface area contributed by atoms with Crippen LogP contribution in [0.4, 0.5) is 31.5 Å². The zero-order chi connectivity index (χ0) is 19.0. The van der Waals surface area contributed by atoms with Crippen LogP contribution in [0.15, 0.2) is 30.5 Å². The van der Waals surface area contributed by atoms with Gasteiger partial charge in [-0.25, -0.2) is 4.98 Å². The van der Waals surface area contributed by atoms with Crippen LogP contribution >= 0.6 is 22.9 Å². The van der Waals surface area contributed by atoms with Gasteiger partial charge in [0.15, 0.2) is 5.13 Å². The molecule has 0 spiro atoms. The fourth-order valence-corrected chi connectivity index (χ4v) is 2.91. The number of thiazole rings is 1. The van der Waals surface area contributed by atoms with E-state index in [0.29, 0.717) is 0 Å². The first-order chi connectivity index (χ1) is 11.4.